The molecule has 7 nitrogen and oxygen atoms in total. The van der Waals surface area contributed by atoms with E-state index in [1.54, 1.807) is 30.3 Å². The lowest BCUT2D eigenvalue weighted by atomic mass is 10.2. The molecule has 1 N–H and O–H groups in total. The number of carbonyl (C=O) groups is 1. The summed E-state index contributed by atoms with van der Waals surface area (Å²) in [5.41, 5.74) is 1.30. The van der Waals surface area contributed by atoms with E-state index in [1.165, 1.54) is 0 Å². The average Bonchev–Trinajstić information content (AvgIpc) is 3.05. The zero-order chi connectivity index (χ0) is 16.5. The Hall–Kier alpha value is -3.48. The van der Waals surface area contributed by atoms with E-state index in [9.17, 15) is 9.59 Å². The highest BCUT2D eigenvalue weighted by molar-refractivity contribution is 5.94. The van der Waals surface area contributed by atoms with Gasteiger partial charge in [-0.05, 0) is 24.3 Å². The lowest BCUT2D eigenvalue weighted by molar-refractivity contribution is 0.0330. The van der Waals surface area contributed by atoms with Crippen molar-refractivity contribution in [3.05, 3.63) is 70.6 Å². The van der Waals surface area contributed by atoms with Gasteiger partial charge < -0.3 is 9.72 Å². The zero-order valence-corrected chi connectivity index (χ0v) is 12.5. The van der Waals surface area contributed by atoms with Crippen LogP contribution in [-0.4, -0.2) is 25.9 Å². The van der Waals surface area contributed by atoms with Gasteiger partial charge in [0, 0.05) is 10.9 Å². The van der Waals surface area contributed by atoms with Gasteiger partial charge in [0.05, 0.1) is 5.39 Å². The third kappa shape index (κ3) is 2.41. The summed E-state index contributed by atoms with van der Waals surface area (Å²) in [6.45, 7) is -0.301. The molecule has 0 aliphatic rings. The van der Waals surface area contributed by atoms with Crippen LogP contribution in [0.1, 0.15) is 10.5 Å². The molecule has 118 valence electrons. The first-order valence-corrected chi connectivity index (χ1v) is 7.30. The van der Waals surface area contributed by atoms with Crippen LogP contribution in [0.25, 0.3) is 21.8 Å². The summed E-state index contributed by atoms with van der Waals surface area (Å²) in [7, 11) is 0. The Morgan fingerprint density at radius 3 is 2.79 bits per heavy atom. The topological polar surface area (TPSA) is 89.9 Å². The number of carbonyl (C=O) groups excluding carboxylic acids is 1. The maximum Gasteiger partial charge on any atom is 0.356 e. The van der Waals surface area contributed by atoms with E-state index in [0.29, 0.717) is 16.6 Å². The quantitative estimate of drug-likeness (QED) is 0.584. The predicted octanol–water partition coefficient (Wildman–Crippen LogP) is 2.09. The van der Waals surface area contributed by atoms with Crippen molar-refractivity contribution in [2.75, 3.05) is 0 Å². The van der Waals surface area contributed by atoms with E-state index >= 15 is 0 Å². The van der Waals surface area contributed by atoms with Crippen LogP contribution < -0.4 is 5.56 Å². The van der Waals surface area contributed by atoms with Crippen LogP contribution >= 0.6 is 0 Å². The molecule has 0 aliphatic carbocycles. The van der Waals surface area contributed by atoms with Crippen LogP contribution in [0.15, 0.2) is 59.4 Å². The van der Waals surface area contributed by atoms with E-state index in [-0.39, 0.29) is 12.3 Å². The highest BCUT2D eigenvalue weighted by Gasteiger charge is 2.12. The minimum Gasteiger partial charge on any atom is -0.437 e. The van der Waals surface area contributed by atoms with Crippen LogP contribution in [0.4, 0.5) is 0 Å². The number of H-pyrrole nitrogens is 1. The van der Waals surface area contributed by atoms with Gasteiger partial charge in [0.25, 0.3) is 5.56 Å². The number of esters is 1. The maximum atomic E-state index is 12.3. The summed E-state index contributed by atoms with van der Waals surface area (Å²) < 4.78 is 6.18. The van der Waals surface area contributed by atoms with Crippen LogP contribution in [-0.2, 0) is 11.5 Å². The van der Waals surface area contributed by atoms with Crippen molar-refractivity contribution >= 4 is 27.8 Å². The molecule has 0 spiro atoms. The van der Waals surface area contributed by atoms with Crippen molar-refractivity contribution in [1.29, 1.82) is 0 Å². The minimum atomic E-state index is -0.562. The Morgan fingerprint density at radius 1 is 1.12 bits per heavy atom. The third-order valence-corrected chi connectivity index (χ3v) is 3.70. The number of fused-ring (bicyclic) bond motifs is 2. The van der Waals surface area contributed by atoms with Crippen molar-refractivity contribution in [2.24, 2.45) is 0 Å². The highest BCUT2D eigenvalue weighted by Crippen LogP contribution is 2.15. The van der Waals surface area contributed by atoms with Gasteiger partial charge in [-0.1, -0.05) is 35.5 Å². The highest BCUT2D eigenvalue weighted by atomic mass is 16.5. The molecule has 4 aromatic rings. The molecule has 0 amide bonds. The lowest BCUT2D eigenvalue weighted by Gasteiger charge is -2.05. The molecule has 0 fully saturated rings. The Labute approximate surface area is 135 Å². The number of hydrogen-bond donors (Lipinski definition) is 1. The van der Waals surface area contributed by atoms with Crippen molar-refractivity contribution in [3.8, 4) is 0 Å². The van der Waals surface area contributed by atoms with Crippen molar-refractivity contribution in [3.63, 3.8) is 0 Å². The number of aromatic nitrogens is 4. The number of rotatable bonds is 3. The second-order valence-corrected chi connectivity index (χ2v) is 5.24. The normalized spacial score (nSPS) is 11.0. The summed E-state index contributed by atoms with van der Waals surface area (Å²) in [6.07, 6.45) is 0. The van der Waals surface area contributed by atoms with E-state index < -0.39 is 5.97 Å². The number of nitrogens with zero attached hydrogens (tertiary/aromatic N) is 3. The molecule has 24 heavy (non-hydrogen) atoms. The molecule has 7 heteroatoms. The summed E-state index contributed by atoms with van der Waals surface area (Å²) in [6, 6.07) is 16.1. The fourth-order valence-corrected chi connectivity index (χ4v) is 2.49. The smallest absolute Gasteiger partial charge is 0.356 e. The van der Waals surface area contributed by atoms with Crippen LogP contribution in [0.2, 0.25) is 0 Å². The predicted molar refractivity (Wildman–Crippen MR) is 87.5 cm³/mol. The third-order valence-electron chi connectivity index (χ3n) is 3.70. The number of ether oxygens (including phenoxy) is 1. The Morgan fingerprint density at radius 2 is 1.92 bits per heavy atom. The van der Waals surface area contributed by atoms with Gasteiger partial charge in [-0.25, -0.2) is 4.79 Å². The summed E-state index contributed by atoms with van der Waals surface area (Å²) in [4.78, 5) is 27.4. The molecule has 4 rings (SSSR count). The van der Waals surface area contributed by atoms with Gasteiger partial charge in [-0.3, -0.25) is 4.79 Å². The number of para-hydroxylation sites is 1. The van der Waals surface area contributed by atoms with Gasteiger partial charge >= 0.3 is 5.97 Å². The van der Waals surface area contributed by atoms with Gasteiger partial charge in [-0.15, -0.1) is 5.10 Å². The van der Waals surface area contributed by atoms with E-state index in [1.807, 2.05) is 24.3 Å². The fraction of sp³-hybridized carbons (Fsp3) is 0.0588. The van der Waals surface area contributed by atoms with E-state index in [0.717, 1.165) is 15.6 Å². The molecule has 0 saturated carbocycles. The van der Waals surface area contributed by atoms with Gasteiger partial charge in [-0.2, -0.15) is 4.68 Å². The molecule has 0 unspecified atom stereocenters. The molecule has 0 atom stereocenters. The van der Waals surface area contributed by atoms with Crippen LogP contribution in [0.5, 0.6) is 0 Å². The first kappa shape index (κ1) is 14.1. The minimum absolute atomic E-state index is 0.301. The fourth-order valence-electron chi connectivity index (χ4n) is 2.49. The Bertz CT molecular complexity index is 1080. The van der Waals surface area contributed by atoms with Crippen molar-refractivity contribution in [1.82, 2.24) is 20.0 Å². The average molecular weight is 320 g/mol. The Kier molecular flexibility index (Phi) is 3.31. The van der Waals surface area contributed by atoms with Crippen molar-refractivity contribution < 1.29 is 9.53 Å². The van der Waals surface area contributed by atoms with Gasteiger partial charge in [0.1, 0.15) is 11.2 Å². The largest absolute Gasteiger partial charge is 0.437 e. The Balaban J connectivity index is 1.57. The zero-order valence-electron chi connectivity index (χ0n) is 12.5. The molecule has 0 aliphatic heterocycles. The number of aromatic amines is 1. The molecule has 2 aromatic carbocycles. The SMILES string of the molecule is O=C(OCn1nnc2ccccc2c1=O)c1cc2ccccc2[nH]1. The molecule has 2 heterocycles. The maximum absolute atomic E-state index is 12.3. The van der Waals surface area contributed by atoms with Gasteiger partial charge in [0.2, 0.25) is 0 Å². The first-order chi connectivity index (χ1) is 11.7. The number of benzene rings is 2. The molecule has 0 radical (unpaired) electrons. The summed E-state index contributed by atoms with van der Waals surface area (Å²) in [5.74, 6) is -0.562. The summed E-state index contributed by atoms with van der Waals surface area (Å²) in [5, 5.41) is 9.06. The van der Waals surface area contributed by atoms with Gasteiger partial charge in [0.15, 0.2) is 6.73 Å². The van der Waals surface area contributed by atoms with Crippen LogP contribution in [0.3, 0.4) is 0 Å². The van der Waals surface area contributed by atoms with E-state index in [2.05, 4.69) is 15.3 Å². The molecule has 2 aromatic heterocycles. The second-order valence-electron chi connectivity index (χ2n) is 5.24. The molecule has 0 saturated heterocycles. The second kappa shape index (κ2) is 5.62. The molecule has 0 bridgehead atoms. The lowest BCUT2D eigenvalue weighted by Crippen LogP contribution is -2.26. The summed E-state index contributed by atoms with van der Waals surface area (Å²) >= 11 is 0. The van der Waals surface area contributed by atoms with E-state index in [4.69, 9.17) is 4.74 Å². The monoisotopic (exact) mass is 320 g/mol. The van der Waals surface area contributed by atoms with Crippen LogP contribution in [0, 0.1) is 0 Å². The number of nitrogens with one attached hydrogen (secondary N) is 1. The van der Waals surface area contributed by atoms with Crippen molar-refractivity contribution in [2.45, 2.75) is 6.73 Å². The molecular weight excluding hydrogens is 308 g/mol. The molecular formula is C17H12N4O3. The first-order valence-electron chi connectivity index (χ1n) is 7.30. The number of hydrogen-bond acceptors (Lipinski definition) is 5. The standard InChI is InChI=1S/C17H12N4O3/c22-16-12-6-2-4-8-14(12)19-20-21(16)10-24-17(23)15-9-11-5-1-3-7-13(11)18-15/h1-9,18H,10H2.